The summed E-state index contributed by atoms with van der Waals surface area (Å²) in [6.07, 6.45) is 2.54. The summed E-state index contributed by atoms with van der Waals surface area (Å²) in [6.45, 7) is 5.84. The van der Waals surface area contributed by atoms with Gasteiger partial charge in [0.2, 0.25) is 0 Å². The normalized spacial score (nSPS) is 18.2. The van der Waals surface area contributed by atoms with E-state index in [1.165, 1.54) is 4.80 Å². The molecular formula is C9H17N3O. The van der Waals surface area contributed by atoms with E-state index in [4.69, 9.17) is 0 Å². The highest BCUT2D eigenvalue weighted by molar-refractivity contribution is 5.05. The van der Waals surface area contributed by atoms with Crippen molar-refractivity contribution in [3.05, 3.63) is 11.9 Å². The van der Waals surface area contributed by atoms with Gasteiger partial charge in [-0.1, -0.05) is 20.3 Å². The van der Waals surface area contributed by atoms with Gasteiger partial charge in [0.25, 0.3) is 0 Å². The Bertz CT molecular complexity index is 280. The minimum absolute atomic E-state index is 0.184. The van der Waals surface area contributed by atoms with Crippen molar-refractivity contribution in [2.75, 3.05) is 0 Å². The number of aliphatic hydroxyl groups is 1. The Balaban J connectivity index is 2.92. The van der Waals surface area contributed by atoms with Crippen LogP contribution in [0.3, 0.4) is 0 Å². The first-order valence-corrected chi connectivity index (χ1v) is 4.57. The summed E-state index contributed by atoms with van der Waals surface area (Å²) in [5.41, 5.74) is -0.229. The van der Waals surface area contributed by atoms with Crippen molar-refractivity contribution in [3.63, 3.8) is 0 Å². The lowest BCUT2D eigenvalue weighted by Crippen LogP contribution is -2.30. The number of nitrogens with zero attached hydrogens (tertiary/aromatic N) is 3. The summed E-state index contributed by atoms with van der Waals surface area (Å²) < 4.78 is 0. The van der Waals surface area contributed by atoms with Crippen LogP contribution in [-0.2, 0) is 12.6 Å². The largest absolute Gasteiger partial charge is 0.383 e. The number of aromatic nitrogens is 3. The summed E-state index contributed by atoms with van der Waals surface area (Å²) in [4.78, 5) is 1.46. The molecule has 1 rings (SSSR count). The molecule has 1 N–H and O–H groups in total. The Hall–Kier alpha value is -0.900. The molecule has 13 heavy (non-hydrogen) atoms. The third kappa shape index (κ3) is 1.88. The van der Waals surface area contributed by atoms with E-state index in [-0.39, 0.29) is 5.92 Å². The molecule has 0 saturated carbocycles. The van der Waals surface area contributed by atoms with Crippen LogP contribution in [0, 0.1) is 5.92 Å². The van der Waals surface area contributed by atoms with Crippen molar-refractivity contribution in [1.29, 1.82) is 0 Å². The molecule has 0 aliphatic rings. The SMILES string of the molecule is CCC(C)C(C)(O)c1cnn(C)n1. The zero-order chi connectivity index (χ0) is 10.1. The third-order valence-electron chi connectivity index (χ3n) is 2.69. The molecule has 0 aliphatic heterocycles. The van der Waals surface area contributed by atoms with E-state index < -0.39 is 5.60 Å². The molecule has 0 amide bonds. The monoisotopic (exact) mass is 183 g/mol. The van der Waals surface area contributed by atoms with Crippen molar-refractivity contribution in [2.24, 2.45) is 13.0 Å². The summed E-state index contributed by atoms with van der Waals surface area (Å²) in [5.74, 6) is 0.184. The third-order valence-corrected chi connectivity index (χ3v) is 2.69. The van der Waals surface area contributed by atoms with Crippen LogP contribution in [0.25, 0.3) is 0 Å². The lowest BCUT2D eigenvalue weighted by atomic mass is 9.86. The molecule has 1 aromatic heterocycles. The van der Waals surface area contributed by atoms with E-state index in [9.17, 15) is 5.11 Å². The molecule has 0 aliphatic carbocycles. The van der Waals surface area contributed by atoms with Crippen molar-refractivity contribution in [1.82, 2.24) is 15.0 Å². The van der Waals surface area contributed by atoms with Gasteiger partial charge in [-0.25, -0.2) is 0 Å². The summed E-state index contributed by atoms with van der Waals surface area (Å²) in [7, 11) is 1.75. The highest BCUT2D eigenvalue weighted by Crippen LogP contribution is 2.28. The fraction of sp³-hybridized carbons (Fsp3) is 0.778. The quantitative estimate of drug-likeness (QED) is 0.762. The van der Waals surface area contributed by atoms with Gasteiger partial charge in [-0.3, -0.25) is 0 Å². The Morgan fingerprint density at radius 1 is 1.69 bits per heavy atom. The molecule has 0 fully saturated rings. The summed E-state index contributed by atoms with van der Waals surface area (Å²) in [6, 6.07) is 0. The predicted octanol–water partition coefficient (Wildman–Crippen LogP) is 1.07. The van der Waals surface area contributed by atoms with Crippen LogP contribution >= 0.6 is 0 Å². The van der Waals surface area contributed by atoms with Crippen molar-refractivity contribution in [2.45, 2.75) is 32.8 Å². The van der Waals surface area contributed by atoms with E-state index in [1.54, 1.807) is 20.2 Å². The van der Waals surface area contributed by atoms with Crippen LogP contribution in [0.15, 0.2) is 6.20 Å². The molecule has 2 atom stereocenters. The zero-order valence-corrected chi connectivity index (χ0v) is 8.65. The van der Waals surface area contributed by atoms with Gasteiger partial charge in [-0.05, 0) is 12.8 Å². The minimum Gasteiger partial charge on any atom is -0.383 e. The second-order valence-corrected chi connectivity index (χ2v) is 3.68. The van der Waals surface area contributed by atoms with Crippen LogP contribution in [0.5, 0.6) is 0 Å². The second kappa shape index (κ2) is 3.46. The number of aryl methyl sites for hydroxylation is 1. The minimum atomic E-state index is -0.872. The smallest absolute Gasteiger partial charge is 0.114 e. The van der Waals surface area contributed by atoms with E-state index in [0.29, 0.717) is 5.69 Å². The summed E-state index contributed by atoms with van der Waals surface area (Å²) in [5, 5.41) is 18.2. The Labute approximate surface area is 78.6 Å². The lowest BCUT2D eigenvalue weighted by molar-refractivity contribution is -0.00450. The van der Waals surface area contributed by atoms with Crippen molar-refractivity contribution in [3.8, 4) is 0 Å². The molecule has 0 aromatic carbocycles. The van der Waals surface area contributed by atoms with Gasteiger partial charge in [0.1, 0.15) is 11.3 Å². The maximum atomic E-state index is 10.2. The van der Waals surface area contributed by atoms with Gasteiger partial charge in [-0.15, -0.1) is 0 Å². The van der Waals surface area contributed by atoms with E-state index in [1.807, 2.05) is 6.92 Å². The second-order valence-electron chi connectivity index (χ2n) is 3.68. The Morgan fingerprint density at radius 2 is 2.31 bits per heavy atom. The fourth-order valence-corrected chi connectivity index (χ4v) is 1.23. The Morgan fingerprint density at radius 3 is 2.69 bits per heavy atom. The molecule has 0 spiro atoms. The van der Waals surface area contributed by atoms with Crippen LogP contribution in [0.1, 0.15) is 32.9 Å². The molecule has 0 radical (unpaired) electrons. The highest BCUT2D eigenvalue weighted by atomic mass is 16.3. The fourth-order valence-electron chi connectivity index (χ4n) is 1.23. The van der Waals surface area contributed by atoms with Gasteiger partial charge in [0, 0.05) is 7.05 Å². The van der Waals surface area contributed by atoms with E-state index in [2.05, 4.69) is 17.1 Å². The predicted molar refractivity (Wildman–Crippen MR) is 50.0 cm³/mol. The first kappa shape index (κ1) is 10.2. The lowest BCUT2D eigenvalue weighted by Gasteiger charge is -2.27. The Kier molecular flexibility index (Phi) is 2.71. The van der Waals surface area contributed by atoms with Crippen LogP contribution in [0.4, 0.5) is 0 Å². The molecule has 2 unspecified atom stereocenters. The van der Waals surface area contributed by atoms with Gasteiger partial charge >= 0.3 is 0 Å². The van der Waals surface area contributed by atoms with Gasteiger partial charge in [0.15, 0.2) is 0 Å². The van der Waals surface area contributed by atoms with Crippen molar-refractivity contribution < 1.29 is 5.11 Å². The first-order valence-electron chi connectivity index (χ1n) is 4.57. The molecule has 4 heteroatoms. The number of rotatable bonds is 3. The zero-order valence-electron chi connectivity index (χ0n) is 8.65. The highest BCUT2D eigenvalue weighted by Gasteiger charge is 2.31. The van der Waals surface area contributed by atoms with Crippen LogP contribution < -0.4 is 0 Å². The standard InChI is InChI=1S/C9H17N3O/c1-5-7(2)9(3,13)8-6-10-12(4)11-8/h6-7,13H,5H2,1-4H3. The topological polar surface area (TPSA) is 50.9 Å². The maximum Gasteiger partial charge on any atom is 0.114 e. The van der Waals surface area contributed by atoms with Gasteiger partial charge in [0.05, 0.1) is 6.20 Å². The number of hydrogen-bond acceptors (Lipinski definition) is 3. The molecule has 1 aromatic rings. The van der Waals surface area contributed by atoms with Crippen molar-refractivity contribution >= 4 is 0 Å². The van der Waals surface area contributed by atoms with Crippen LogP contribution in [-0.4, -0.2) is 20.1 Å². The number of hydrogen-bond donors (Lipinski definition) is 1. The van der Waals surface area contributed by atoms with Crippen LogP contribution in [0.2, 0.25) is 0 Å². The molecule has 4 nitrogen and oxygen atoms in total. The molecular weight excluding hydrogens is 166 g/mol. The maximum absolute atomic E-state index is 10.2. The molecule has 1 heterocycles. The van der Waals surface area contributed by atoms with E-state index in [0.717, 1.165) is 6.42 Å². The molecule has 0 saturated heterocycles. The average molecular weight is 183 g/mol. The summed E-state index contributed by atoms with van der Waals surface area (Å²) >= 11 is 0. The molecule has 74 valence electrons. The first-order chi connectivity index (χ1) is 5.98. The van der Waals surface area contributed by atoms with Gasteiger partial charge in [-0.2, -0.15) is 15.0 Å². The molecule has 0 bridgehead atoms. The van der Waals surface area contributed by atoms with E-state index >= 15 is 0 Å². The average Bonchev–Trinajstić information content (AvgIpc) is 2.50. The van der Waals surface area contributed by atoms with Gasteiger partial charge < -0.3 is 5.11 Å².